The van der Waals surface area contributed by atoms with Gasteiger partial charge in [-0.3, -0.25) is 9.78 Å². The Morgan fingerprint density at radius 1 is 1.19 bits per heavy atom. The average molecular weight is 365 g/mol. The Morgan fingerprint density at radius 3 is 2.88 bits per heavy atom. The van der Waals surface area contributed by atoms with Crippen molar-refractivity contribution in [1.82, 2.24) is 9.88 Å². The predicted molar refractivity (Wildman–Crippen MR) is 102 cm³/mol. The normalized spacial score (nSPS) is 15.8. The first kappa shape index (κ1) is 16.6. The lowest BCUT2D eigenvalue weighted by atomic mass is 10.2. The zero-order valence-electron chi connectivity index (χ0n) is 14.4. The van der Waals surface area contributed by atoms with Crippen molar-refractivity contribution >= 4 is 22.9 Å². The molecule has 0 aliphatic carbocycles. The average Bonchev–Trinajstić information content (AvgIpc) is 3.27. The third kappa shape index (κ3) is 3.04. The minimum atomic E-state index is -0.331. The molecule has 0 saturated carbocycles. The van der Waals surface area contributed by atoms with Crippen molar-refractivity contribution in [3.63, 3.8) is 0 Å². The van der Waals surface area contributed by atoms with Gasteiger partial charge in [0.15, 0.2) is 0 Å². The van der Waals surface area contributed by atoms with E-state index in [1.165, 1.54) is 0 Å². The van der Waals surface area contributed by atoms with E-state index in [1.807, 2.05) is 59.7 Å². The summed E-state index contributed by atoms with van der Waals surface area (Å²) >= 11 is 1.64. The number of hydrogen-bond acceptors (Lipinski definition) is 5. The van der Waals surface area contributed by atoms with Crippen molar-refractivity contribution in [3.05, 3.63) is 76.2 Å². The Morgan fingerprint density at radius 2 is 2.08 bits per heavy atom. The SMILES string of the molecule is CCOc1ccccc1NC1c2ncccc2C(=O)N1Cc1cccs1. The maximum Gasteiger partial charge on any atom is 0.258 e. The Labute approximate surface area is 156 Å². The van der Waals surface area contributed by atoms with Gasteiger partial charge in [0.1, 0.15) is 11.9 Å². The highest BCUT2D eigenvalue weighted by atomic mass is 32.1. The first-order valence-electron chi connectivity index (χ1n) is 8.54. The summed E-state index contributed by atoms with van der Waals surface area (Å²) in [4.78, 5) is 20.4. The summed E-state index contributed by atoms with van der Waals surface area (Å²) in [6, 6.07) is 15.4. The van der Waals surface area contributed by atoms with Crippen LogP contribution in [0.1, 0.15) is 34.0 Å². The van der Waals surface area contributed by atoms with E-state index in [-0.39, 0.29) is 12.1 Å². The summed E-state index contributed by atoms with van der Waals surface area (Å²) in [5.74, 6) is 0.760. The molecule has 132 valence electrons. The molecule has 1 amide bonds. The van der Waals surface area contributed by atoms with Crippen molar-refractivity contribution < 1.29 is 9.53 Å². The summed E-state index contributed by atoms with van der Waals surface area (Å²) in [6.07, 6.45) is 1.39. The lowest BCUT2D eigenvalue weighted by molar-refractivity contribution is 0.0729. The third-order valence-electron chi connectivity index (χ3n) is 4.29. The second-order valence-corrected chi connectivity index (χ2v) is 6.96. The molecule has 1 aliphatic heterocycles. The maximum atomic E-state index is 13.0. The minimum Gasteiger partial charge on any atom is -0.492 e. The van der Waals surface area contributed by atoms with E-state index in [4.69, 9.17) is 4.74 Å². The van der Waals surface area contributed by atoms with Crippen molar-refractivity contribution in [2.45, 2.75) is 19.6 Å². The summed E-state index contributed by atoms with van der Waals surface area (Å²) in [6.45, 7) is 3.08. The number of hydrogen-bond donors (Lipinski definition) is 1. The summed E-state index contributed by atoms with van der Waals surface area (Å²) in [5.41, 5.74) is 2.25. The number of carbonyl (C=O) groups is 1. The zero-order chi connectivity index (χ0) is 17.9. The van der Waals surface area contributed by atoms with Crippen LogP contribution in [0.3, 0.4) is 0 Å². The molecular weight excluding hydrogens is 346 g/mol. The largest absolute Gasteiger partial charge is 0.492 e. The van der Waals surface area contributed by atoms with Crippen LogP contribution >= 0.6 is 11.3 Å². The van der Waals surface area contributed by atoms with Gasteiger partial charge in [-0.25, -0.2) is 0 Å². The lowest BCUT2D eigenvalue weighted by Gasteiger charge is -2.27. The monoisotopic (exact) mass is 365 g/mol. The van der Waals surface area contributed by atoms with Crippen molar-refractivity contribution in [2.75, 3.05) is 11.9 Å². The van der Waals surface area contributed by atoms with E-state index in [0.717, 1.165) is 22.0 Å². The molecular formula is C20H19N3O2S. The first-order valence-corrected chi connectivity index (χ1v) is 9.42. The number of amides is 1. The number of fused-ring (bicyclic) bond motifs is 1. The number of ether oxygens (including phenoxy) is 1. The molecule has 1 atom stereocenters. The topological polar surface area (TPSA) is 54.5 Å². The number of anilines is 1. The molecule has 1 unspecified atom stereocenters. The Kier molecular flexibility index (Phi) is 4.58. The Balaban J connectivity index is 1.70. The second kappa shape index (κ2) is 7.17. The number of aromatic nitrogens is 1. The zero-order valence-corrected chi connectivity index (χ0v) is 15.2. The molecule has 26 heavy (non-hydrogen) atoms. The van der Waals surface area contributed by atoms with Gasteiger partial charge in [-0.2, -0.15) is 0 Å². The molecule has 3 heterocycles. The van der Waals surface area contributed by atoms with E-state index in [2.05, 4.69) is 10.3 Å². The molecule has 3 aromatic rings. The molecule has 0 radical (unpaired) electrons. The summed E-state index contributed by atoms with van der Waals surface area (Å²) < 4.78 is 5.72. The van der Waals surface area contributed by atoms with Crippen LogP contribution in [-0.4, -0.2) is 22.4 Å². The summed E-state index contributed by atoms with van der Waals surface area (Å²) in [7, 11) is 0. The van der Waals surface area contributed by atoms with Crippen LogP contribution in [0.4, 0.5) is 5.69 Å². The van der Waals surface area contributed by atoms with Gasteiger partial charge >= 0.3 is 0 Å². The van der Waals surface area contributed by atoms with Gasteiger partial charge in [-0.15, -0.1) is 11.3 Å². The fourth-order valence-corrected chi connectivity index (χ4v) is 3.83. The maximum absolute atomic E-state index is 13.0. The van der Waals surface area contributed by atoms with Crippen LogP contribution in [0.2, 0.25) is 0 Å². The molecule has 0 spiro atoms. The van der Waals surface area contributed by atoms with Crippen LogP contribution in [0.25, 0.3) is 0 Å². The Bertz CT molecular complexity index is 911. The molecule has 4 rings (SSSR count). The molecule has 0 bridgehead atoms. The van der Waals surface area contributed by atoms with E-state index in [1.54, 1.807) is 23.6 Å². The quantitative estimate of drug-likeness (QED) is 0.707. The number of rotatable bonds is 6. The highest BCUT2D eigenvalue weighted by Gasteiger charge is 2.38. The highest BCUT2D eigenvalue weighted by Crippen LogP contribution is 2.36. The molecule has 1 N–H and O–H groups in total. The standard InChI is InChI=1S/C20H19N3O2S/c1-2-25-17-10-4-3-9-16(17)22-19-18-15(8-5-11-21-18)20(24)23(19)13-14-7-6-12-26-14/h3-12,19,22H,2,13H2,1H3. The molecule has 0 saturated heterocycles. The van der Waals surface area contributed by atoms with E-state index >= 15 is 0 Å². The molecule has 5 nitrogen and oxygen atoms in total. The molecule has 6 heteroatoms. The fourth-order valence-electron chi connectivity index (χ4n) is 3.13. The van der Waals surface area contributed by atoms with E-state index in [0.29, 0.717) is 18.7 Å². The fraction of sp³-hybridized carbons (Fsp3) is 0.200. The number of carbonyl (C=O) groups excluding carboxylic acids is 1. The van der Waals surface area contributed by atoms with Crippen LogP contribution in [-0.2, 0) is 6.54 Å². The van der Waals surface area contributed by atoms with Crippen molar-refractivity contribution in [1.29, 1.82) is 0 Å². The minimum absolute atomic E-state index is 0.00658. The van der Waals surface area contributed by atoms with Crippen molar-refractivity contribution in [2.24, 2.45) is 0 Å². The van der Waals surface area contributed by atoms with Gasteiger partial charge in [0, 0.05) is 11.1 Å². The second-order valence-electron chi connectivity index (χ2n) is 5.92. The van der Waals surface area contributed by atoms with Crippen molar-refractivity contribution in [3.8, 4) is 5.75 Å². The molecule has 0 fully saturated rings. The Hall–Kier alpha value is -2.86. The van der Waals surface area contributed by atoms with Gasteiger partial charge in [-0.05, 0) is 42.6 Å². The van der Waals surface area contributed by atoms with Gasteiger partial charge in [0.25, 0.3) is 5.91 Å². The smallest absolute Gasteiger partial charge is 0.258 e. The number of para-hydroxylation sites is 2. The number of pyridine rings is 1. The van der Waals surface area contributed by atoms with Gasteiger partial charge in [0.2, 0.25) is 0 Å². The molecule has 1 aromatic carbocycles. The van der Waals surface area contributed by atoms with Gasteiger partial charge < -0.3 is 15.0 Å². The van der Waals surface area contributed by atoms with E-state index in [9.17, 15) is 4.79 Å². The molecule has 1 aliphatic rings. The van der Waals surface area contributed by atoms with Crippen LogP contribution < -0.4 is 10.1 Å². The van der Waals surface area contributed by atoms with Crippen LogP contribution in [0.5, 0.6) is 5.75 Å². The number of nitrogens with one attached hydrogen (secondary N) is 1. The highest BCUT2D eigenvalue weighted by molar-refractivity contribution is 7.09. The number of benzene rings is 1. The molecule has 2 aromatic heterocycles. The first-order chi connectivity index (χ1) is 12.8. The van der Waals surface area contributed by atoms with Crippen LogP contribution in [0.15, 0.2) is 60.1 Å². The third-order valence-corrected chi connectivity index (χ3v) is 5.15. The number of thiophene rings is 1. The predicted octanol–water partition coefficient (Wildman–Crippen LogP) is 4.31. The van der Waals surface area contributed by atoms with Crippen LogP contribution in [0, 0.1) is 0 Å². The van der Waals surface area contributed by atoms with Gasteiger partial charge in [-0.1, -0.05) is 18.2 Å². The van der Waals surface area contributed by atoms with Gasteiger partial charge in [0.05, 0.1) is 30.1 Å². The number of nitrogens with zero attached hydrogens (tertiary/aromatic N) is 2. The summed E-state index contributed by atoms with van der Waals surface area (Å²) in [5, 5.41) is 5.49. The van der Waals surface area contributed by atoms with E-state index < -0.39 is 0 Å². The lowest BCUT2D eigenvalue weighted by Crippen LogP contribution is -2.31.